The highest BCUT2D eigenvalue weighted by molar-refractivity contribution is 7.88. The Hall–Kier alpha value is -2.24. The van der Waals surface area contributed by atoms with Gasteiger partial charge in [0, 0.05) is 0 Å². The molecule has 0 fully saturated rings. The maximum Gasteiger partial charge on any atom is 0.144 e. The smallest absolute Gasteiger partial charge is 0.144 e. The first-order valence-corrected chi connectivity index (χ1v) is 11.0. The summed E-state index contributed by atoms with van der Waals surface area (Å²) in [4.78, 5) is 2.29. The van der Waals surface area contributed by atoms with Gasteiger partial charge in [0.15, 0.2) is 0 Å². The van der Waals surface area contributed by atoms with Gasteiger partial charge in [0.1, 0.15) is 11.5 Å². The summed E-state index contributed by atoms with van der Waals surface area (Å²) in [6, 6.07) is 20.3. The fourth-order valence-corrected chi connectivity index (χ4v) is 5.86. The Kier molecular flexibility index (Phi) is 4.52. The lowest BCUT2D eigenvalue weighted by Gasteiger charge is -2.21. The number of rotatable bonds is 0. The molecule has 3 nitrogen and oxygen atoms in total. The van der Waals surface area contributed by atoms with E-state index in [-0.39, 0.29) is 5.41 Å². The zero-order valence-electron chi connectivity index (χ0n) is 15.4. The molecule has 0 bridgehead atoms. The van der Waals surface area contributed by atoms with Gasteiger partial charge >= 0.3 is 0 Å². The van der Waals surface area contributed by atoms with Crippen LogP contribution in [-0.4, -0.2) is 8.42 Å². The van der Waals surface area contributed by atoms with Crippen LogP contribution in [0, 0.1) is 0 Å². The van der Waals surface area contributed by atoms with Crippen molar-refractivity contribution in [1.82, 2.24) is 0 Å². The summed E-state index contributed by atoms with van der Waals surface area (Å²) in [5.41, 5.74) is 0.988. The summed E-state index contributed by atoms with van der Waals surface area (Å²) in [6.45, 7) is 6.35. The minimum atomic E-state index is -1.50. The monoisotopic (exact) mass is 396 g/mol. The average Bonchev–Trinajstić information content (AvgIpc) is 2.69. The highest BCUT2D eigenvalue weighted by atomic mass is 32.2. The Morgan fingerprint density at radius 3 is 1.81 bits per heavy atom. The predicted octanol–water partition coefficient (Wildman–Crippen LogP) is 5.42. The fourth-order valence-electron chi connectivity index (χ4n) is 3.00. The molecule has 0 aliphatic carbocycles. The zero-order valence-corrected chi connectivity index (χ0v) is 17.0. The summed E-state index contributed by atoms with van der Waals surface area (Å²) in [5, 5.41) is 0. The van der Waals surface area contributed by atoms with Gasteiger partial charge < -0.3 is 4.74 Å². The minimum Gasteiger partial charge on any atom is -0.455 e. The Morgan fingerprint density at radius 2 is 1.19 bits per heavy atom. The molecule has 0 spiro atoms. The van der Waals surface area contributed by atoms with Crippen LogP contribution in [0.15, 0.2) is 86.3 Å². The number of hydrogen-bond acceptors (Lipinski definition) is 3. The predicted molar refractivity (Wildman–Crippen MR) is 107 cm³/mol. The molecule has 4 rings (SSSR count). The number of benzene rings is 3. The summed E-state index contributed by atoms with van der Waals surface area (Å²) in [5.74, 6) is 1.05. The molecule has 27 heavy (non-hydrogen) atoms. The molecule has 0 saturated carbocycles. The largest absolute Gasteiger partial charge is 0.455 e. The van der Waals surface area contributed by atoms with E-state index in [2.05, 4.69) is 20.8 Å². The quantitative estimate of drug-likeness (QED) is 0.398. The van der Waals surface area contributed by atoms with Gasteiger partial charge in [-0.3, -0.25) is 0 Å². The van der Waals surface area contributed by atoms with Crippen LogP contribution in [0.5, 0.6) is 11.5 Å². The second-order valence-corrected chi connectivity index (χ2v) is 10.3. The Morgan fingerprint density at radius 1 is 0.667 bits per heavy atom. The van der Waals surface area contributed by atoms with Crippen LogP contribution in [0.4, 0.5) is 0 Å². The van der Waals surface area contributed by atoms with Crippen molar-refractivity contribution in [3.63, 3.8) is 0 Å². The lowest BCUT2D eigenvalue weighted by atomic mass is 9.87. The number of fused-ring (bicyclic) bond motifs is 3. The van der Waals surface area contributed by atoms with Crippen molar-refractivity contribution in [3.8, 4) is 11.5 Å². The van der Waals surface area contributed by atoms with E-state index >= 15 is 0 Å². The summed E-state index contributed by atoms with van der Waals surface area (Å²) >= 11 is 0. The molecule has 1 aliphatic rings. The summed E-state index contributed by atoms with van der Waals surface area (Å²) in [6.07, 6.45) is 0. The van der Waals surface area contributed by atoms with Gasteiger partial charge in [-0.05, 0) is 47.4 Å². The lowest BCUT2D eigenvalue weighted by molar-refractivity contribution is 0.456. The van der Waals surface area contributed by atoms with Gasteiger partial charge in [-0.2, -0.15) is 0 Å². The molecule has 1 heterocycles. The van der Waals surface area contributed by atoms with E-state index in [0.29, 0.717) is 31.1 Å². The molecule has 2 atom stereocenters. The van der Waals surface area contributed by atoms with Crippen molar-refractivity contribution in [2.45, 2.75) is 45.8 Å². The van der Waals surface area contributed by atoms with E-state index in [1.165, 1.54) is 0 Å². The van der Waals surface area contributed by atoms with E-state index in [4.69, 9.17) is 4.74 Å². The molecule has 0 amide bonds. The van der Waals surface area contributed by atoms with Gasteiger partial charge in [0.05, 0.1) is 41.2 Å². The fraction of sp³-hybridized carbons (Fsp3) is 0.182. The van der Waals surface area contributed by atoms with E-state index < -0.39 is 21.6 Å². The van der Waals surface area contributed by atoms with Crippen molar-refractivity contribution >= 4 is 21.6 Å². The van der Waals surface area contributed by atoms with Crippen LogP contribution < -0.4 is 4.74 Å². The maximum atomic E-state index is 13.5. The Labute approximate surface area is 164 Å². The second kappa shape index (κ2) is 6.73. The van der Waals surface area contributed by atoms with Gasteiger partial charge in [0.25, 0.3) is 0 Å². The third kappa shape index (κ3) is 3.26. The van der Waals surface area contributed by atoms with Gasteiger partial charge in [-0.25, -0.2) is 8.42 Å². The third-order valence-electron chi connectivity index (χ3n) is 4.53. The first-order valence-electron chi connectivity index (χ1n) is 8.70. The molecular formula is C22H20O3S2. The highest BCUT2D eigenvalue weighted by Gasteiger charge is 2.26. The molecule has 1 aliphatic heterocycles. The standard InChI is InChI=1S/C22H20O3S2/c1-22(2,3)15-12-13-17-21(14-15)27(24)20-11-7-6-10-19(20)26(23)18-9-5-4-8-16(18)25-17/h4-14H,1-3H3. The van der Waals surface area contributed by atoms with Gasteiger partial charge in [-0.15, -0.1) is 0 Å². The van der Waals surface area contributed by atoms with E-state index in [1.807, 2.05) is 42.5 Å². The lowest BCUT2D eigenvalue weighted by Crippen LogP contribution is -2.12. The van der Waals surface area contributed by atoms with Crippen molar-refractivity contribution in [2.75, 3.05) is 0 Å². The summed E-state index contributed by atoms with van der Waals surface area (Å²) < 4.78 is 32.9. The van der Waals surface area contributed by atoms with Crippen LogP contribution in [0.3, 0.4) is 0 Å². The van der Waals surface area contributed by atoms with Crippen LogP contribution in [0.1, 0.15) is 26.3 Å². The number of hydrogen-bond donors (Lipinski definition) is 0. The van der Waals surface area contributed by atoms with Gasteiger partial charge in [0.2, 0.25) is 0 Å². The van der Waals surface area contributed by atoms with Crippen LogP contribution in [0.25, 0.3) is 0 Å². The zero-order chi connectivity index (χ0) is 19.2. The normalized spacial score (nSPS) is 18.8. The second-order valence-electron chi connectivity index (χ2n) is 7.44. The Balaban J connectivity index is 2.03. The van der Waals surface area contributed by atoms with E-state index in [0.717, 1.165) is 5.56 Å². The average molecular weight is 397 g/mol. The van der Waals surface area contributed by atoms with Crippen LogP contribution in [-0.2, 0) is 27.0 Å². The molecule has 3 aromatic rings. The molecule has 3 aromatic carbocycles. The van der Waals surface area contributed by atoms with Crippen molar-refractivity contribution in [1.29, 1.82) is 0 Å². The highest BCUT2D eigenvalue weighted by Crippen LogP contribution is 2.40. The third-order valence-corrected chi connectivity index (χ3v) is 7.62. The minimum absolute atomic E-state index is 0.0854. The van der Waals surface area contributed by atoms with Crippen molar-refractivity contribution in [3.05, 3.63) is 72.3 Å². The first-order chi connectivity index (χ1) is 12.9. The maximum absolute atomic E-state index is 13.5. The molecule has 138 valence electrons. The molecular weight excluding hydrogens is 376 g/mol. The Bertz CT molecular complexity index is 1080. The van der Waals surface area contributed by atoms with Crippen LogP contribution in [0.2, 0.25) is 0 Å². The summed E-state index contributed by atoms with van der Waals surface area (Å²) in [7, 11) is -2.98. The SMILES string of the molecule is CC(C)(C)c1ccc2c(c1)S(=O)c1ccccc1S(=O)c1ccccc1O2. The van der Waals surface area contributed by atoms with Gasteiger partial charge in [-0.1, -0.05) is 51.1 Å². The number of para-hydroxylation sites is 1. The van der Waals surface area contributed by atoms with Crippen molar-refractivity contribution in [2.24, 2.45) is 0 Å². The first kappa shape index (κ1) is 18.1. The molecule has 0 radical (unpaired) electrons. The molecule has 0 N–H and O–H groups in total. The van der Waals surface area contributed by atoms with Crippen molar-refractivity contribution < 1.29 is 13.2 Å². The molecule has 2 unspecified atom stereocenters. The van der Waals surface area contributed by atoms with E-state index in [1.54, 1.807) is 24.3 Å². The molecule has 0 aromatic heterocycles. The van der Waals surface area contributed by atoms with E-state index in [9.17, 15) is 8.42 Å². The molecule has 5 heteroatoms. The molecule has 0 saturated heterocycles. The number of ether oxygens (including phenoxy) is 1. The van der Waals surface area contributed by atoms with Crippen LogP contribution >= 0.6 is 0 Å². The topological polar surface area (TPSA) is 43.4 Å².